The molecular formula is C22H23NO2. The Balaban J connectivity index is 1.37. The molecule has 5 rings (SSSR count). The molecule has 0 unspecified atom stereocenters. The third-order valence-electron chi connectivity index (χ3n) is 6.21. The SMILES string of the molecule is c1cc(CN2CCC3(CCc4ccc(-c5ccoc5)cc43)CC2)co1. The van der Waals surface area contributed by atoms with E-state index >= 15 is 0 Å². The Bertz CT molecular complexity index is 840. The van der Waals surface area contributed by atoms with E-state index in [1.807, 2.05) is 12.5 Å². The first kappa shape index (κ1) is 15.0. The van der Waals surface area contributed by atoms with Gasteiger partial charge < -0.3 is 8.83 Å². The van der Waals surface area contributed by atoms with Crippen molar-refractivity contribution in [1.82, 2.24) is 4.90 Å². The average molecular weight is 333 g/mol. The van der Waals surface area contributed by atoms with Gasteiger partial charge in [-0.2, -0.15) is 0 Å². The van der Waals surface area contributed by atoms with Crippen LogP contribution in [0.1, 0.15) is 36.0 Å². The van der Waals surface area contributed by atoms with Gasteiger partial charge >= 0.3 is 0 Å². The Kier molecular flexibility index (Phi) is 3.56. The standard InChI is InChI=1S/C22H23NO2/c1-2-19(20-5-12-25-16-20)13-21-18(1)3-6-22(21)7-9-23(10-8-22)14-17-4-11-24-15-17/h1-2,4-5,11-13,15-16H,3,6-10,14H2. The summed E-state index contributed by atoms with van der Waals surface area (Å²) < 4.78 is 10.5. The van der Waals surface area contributed by atoms with E-state index in [9.17, 15) is 0 Å². The Labute approximate surface area is 148 Å². The molecule has 3 nitrogen and oxygen atoms in total. The molecule has 3 aromatic rings. The summed E-state index contributed by atoms with van der Waals surface area (Å²) >= 11 is 0. The summed E-state index contributed by atoms with van der Waals surface area (Å²) in [5, 5.41) is 0. The number of likely N-dealkylation sites (tertiary alicyclic amines) is 1. The van der Waals surface area contributed by atoms with Gasteiger partial charge in [0.25, 0.3) is 0 Å². The molecule has 0 bridgehead atoms. The van der Waals surface area contributed by atoms with E-state index in [1.54, 1.807) is 23.7 Å². The van der Waals surface area contributed by atoms with Crippen molar-refractivity contribution in [1.29, 1.82) is 0 Å². The minimum Gasteiger partial charge on any atom is -0.472 e. The van der Waals surface area contributed by atoms with E-state index in [4.69, 9.17) is 8.83 Å². The zero-order valence-corrected chi connectivity index (χ0v) is 14.4. The number of aryl methyl sites for hydroxylation is 1. The number of fused-ring (bicyclic) bond motifs is 2. The molecule has 3 heterocycles. The average Bonchev–Trinajstić information content (AvgIpc) is 3.39. The summed E-state index contributed by atoms with van der Waals surface area (Å²) in [7, 11) is 0. The van der Waals surface area contributed by atoms with Crippen LogP contribution in [0.15, 0.2) is 64.2 Å². The maximum absolute atomic E-state index is 5.27. The first-order valence-corrected chi connectivity index (χ1v) is 9.22. The zero-order valence-electron chi connectivity index (χ0n) is 14.4. The molecule has 1 aromatic carbocycles. The van der Waals surface area contributed by atoms with Crippen molar-refractivity contribution in [3.05, 3.63) is 72.1 Å². The second kappa shape index (κ2) is 5.92. The molecule has 0 atom stereocenters. The minimum atomic E-state index is 0.377. The largest absolute Gasteiger partial charge is 0.472 e. The maximum Gasteiger partial charge on any atom is 0.0980 e. The van der Waals surface area contributed by atoms with Gasteiger partial charge in [0.2, 0.25) is 0 Å². The number of nitrogens with zero attached hydrogens (tertiary/aromatic N) is 1. The molecule has 0 amide bonds. The summed E-state index contributed by atoms with van der Waals surface area (Å²) in [4.78, 5) is 2.56. The summed E-state index contributed by atoms with van der Waals surface area (Å²) in [5.74, 6) is 0. The van der Waals surface area contributed by atoms with Crippen LogP contribution in [0, 0.1) is 0 Å². The molecule has 2 aromatic heterocycles. The number of hydrogen-bond donors (Lipinski definition) is 0. The second-order valence-corrected chi connectivity index (χ2v) is 7.57. The molecule has 3 heteroatoms. The number of hydrogen-bond acceptors (Lipinski definition) is 3. The lowest BCUT2D eigenvalue weighted by Crippen LogP contribution is -2.41. The smallest absolute Gasteiger partial charge is 0.0980 e. The van der Waals surface area contributed by atoms with E-state index in [2.05, 4.69) is 35.2 Å². The van der Waals surface area contributed by atoms with Gasteiger partial charge in [-0.15, -0.1) is 0 Å². The lowest BCUT2D eigenvalue weighted by Gasteiger charge is -2.40. The maximum atomic E-state index is 5.27. The molecule has 0 radical (unpaired) electrons. The first-order chi connectivity index (χ1) is 12.3. The summed E-state index contributed by atoms with van der Waals surface area (Å²) in [6.45, 7) is 3.34. The molecule has 128 valence electrons. The second-order valence-electron chi connectivity index (χ2n) is 7.57. The number of rotatable bonds is 3. The highest BCUT2D eigenvalue weighted by Crippen LogP contribution is 2.47. The number of benzene rings is 1. The Hall–Kier alpha value is -2.26. The Morgan fingerprint density at radius 1 is 0.880 bits per heavy atom. The van der Waals surface area contributed by atoms with Crippen LogP contribution in [0.4, 0.5) is 0 Å². The third kappa shape index (κ3) is 2.63. The van der Waals surface area contributed by atoms with E-state index in [-0.39, 0.29) is 0 Å². The topological polar surface area (TPSA) is 29.5 Å². The highest BCUT2D eigenvalue weighted by molar-refractivity contribution is 5.65. The van der Waals surface area contributed by atoms with Crippen LogP contribution in [0.25, 0.3) is 11.1 Å². The Morgan fingerprint density at radius 2 is 1.72 bits per heavy atom. The van der Waals surface area contributed by atoms with Gasteiger partial charge in [-0.3, -0.25) is 4.90 Å². The molecular weight excluding hydrogens is 310 g/mol. The van der Waals surface area contributed by atoms with E-state index in [1.165, 1.54) is 55.5 Å². The summed E-state index contributed by atoms with van der Waals surface area (Å²) in [6, 6.07) is 11.1. The van der Waals surface area contributed by atoms with Gasteiger partial charge in [0.15, 0.2) is 0 Å². The monoisotopic (exact) mass is 333 g/mol. The highest BCUT2D eigenvalue weighted by Gasteiger charge is 2.41. The van der Waals surface area contributed by atoms with Crippen molar-refractivity contribution in [2.24, 2.45) is 0 Å². The lowest BCUT2D eigenvalue weighted by molar-refractivity contribution is 0.152. The molecule has 25 heavy (non-hydrogen) atoms. The van der Waals surface area contributed by atoms with Crippen LogP contribution in [0.3, 0.4) is 0 Å². The van der Waals surface area contributed by atoms with Gasteiger partial charge in [-0.25, -0.2) is 0 Å². The molecule has 0 N–H and O–H groups in total. The molecule has 1 saturated heterocycles. The third-order valence-corrected chi connectivity index (χ3v) is 6.21. The van der Waals surface area contributed by atoms with Crippen LogP contribution in [0.5, 0.6) is 0 Å². The molecule has 1 spiro atoms. The van der Waals surface area contributed by atoms with E-state index < -0.39 is 0 Å². The summed E-state index contributed by atoms with van der Waals surface area (Å²) in [5.41, 5.74) is 7.27. The van der Waals surface area contributed by atoms with Gasteiger partial charge in [0.1, 0.15) is 0 Å². The fourth-order valence-electron chi connectivity index (χ4n) is 4.70. The predicted octanol–water partition coefficient (Wildman–Crippen LogP) is 5.02. The fraction of sp³-hybridized carbons (Fsp3) is 0.364. The van der Waals surface area contributed by atoms with Crippen molar-refractivity contribution in [3.63, 3.8) is 0 Å². The van der Waals surface area contributed by atoms with Crippen LogP contribution in [-0.2, 0) is 18.4 Å². The van der Waals surface area contributed by atoms with Crippen molar-refractivity contribution in [2.75, 3.05) is 13.1 Å². The lowest BCUT2D eigenvalue weighted by atomic mass is 9.73. The number of furan rings is 2. The molecule has 1 fully saturated rings. The van der Waals surface area contributed by atoms with Crippen molar-refractivity contribution >= 4 is 0 Å². The molecule has 2 aliphatic rings. The Morgan fingerprint density at radius 3 is 2.48 bits per heavy atom. The fourth-order valence-corrected chi connectivity index (χ4v) is 4.70. The first-order valence-electron chi connectivity index (χ1n) is 9.22. The van der Waals surface area contributed by atoms with Crippen molar-refractivity contribution in [3.8, 4) is 11.1 Å². The summed E-state index contributed by atoms with van der Waals surface area (Å²) in [6.07, 6.45) is 12.3. The predicted molar refractivity (Wildman–Crippen MR) is 97.4 cm³/mol. The van der Waals surface area contributed by atoms with Crippen molar-refractivity contribution < 1.29 is 8.83 Å². The molecule has 1 aliphatic carbocycles. The zero-order chi connectivity index (χ0) is 16.7. The number of piperidine rings is 1. The van der Waals surface area contributed by atoms with Gasteiger partial charge in [0.05, 0.1) is 25.1 Å². The van der Waals surface area contributed by atoms with E-state index in [0.717, 1.165) is 6.54 Å². The van der Waals surface area contributed by atoms with Crippen LogP contribution < -0.4 is 0 Å². The van der Waals surface area contributed by atoms with Gasteiger partial charge in [-0.1, -0.05) is 18.2 Å². The van der Waals surface area contributed by atoms with E-state index in [0.29, 0.717) is 5.41 Å². The minimum absolute atomic E-state index is 0.377. The van der Waals surface area contributed by atoms with Crippen LogP contribution in [0.2, 0.25) is 0 Å². The highest BCUT2D eigenvalue weighted by atomic mass is 16.3. The van der Waals surface area contributed by atoms with Gasteiger partial charge in [-0.05, 0) is 73.0 Å². The van der Waals surface area contributed by atoms with Crippen LogP contribution in [-0.4, -0.2) is 18.0 Å². The van der Waals surface area contributed by atoms with Crippen molar-refractivity contribution in [2.45, 2.75) is 37.6 Å². The molecule has 1 aliphatic heterocycles. The van der Waals surface area contributed by atoms with Crippen LogP contribution >= 0.6 is 0 Å². The molecule has 0 saturated carbocycles. The normalized spacial score (nSPS) is 19.4. The van der Waals surface area contributed by atoms with Gasteiger partial charge in [0, 0.05) is 17.7 Å². The quantitative estimate of drug-likeness (QED) is 0.674.